The molecule has 5 rings (SSSR count). The first-order valence-electron chi connectivity index (χ1n) is 10.5. The summed E-state index contributed by atoms with van der Waals surface area (Å²) in [7, 11) is 0. The van der Waals surface area contributed by atoms with Gasteiger partial charge in [-0.25, -0.2) is 4.90 Å². The van der Waals surface area contributed by atoms with Crippen molar-refractivity contribution in [2.45, 2.75) is 13.1 Å². The van der Waals surface area contributed by atoms with E-state index in [1.165, 1.54) is 0 Å². The lowest BCUT2D eigenvalue weighted by Crippen LogP contribution is -2.27. The number of amides is 3. The van der Waals surface area contributed by atoms with Crippen molar-refractivity contribution in [1.82, 2.24) is 9.88 Å². The van der Waals surface area contributed by atoms with Gasteiger partial charge in [-0.15, -0.1) is 11.3 Å². The number of aromatic nitrogens is 1. The van der Waals surface area contributed by atoms with Crippen LogP contribution in [-0.4, -0.2) is 21.6 Å². The fraction of sp³-hybridized carbons (Fsp3) is 0.0800. The Morgan fingerprint density at radius 3 is 2.71 bits per heavy atom. The summed E-state index contributed by atoms with van der Waals surface area (Å²) in [6.45, 7) is 0.599. The Morgan fingerprint density at radius 1 is 1.11 bits per heavy atom. The monoisotopic (exact) mass is 585 g/mol. The molecule has 35 heavy (non-hydrogen) atoms. The predicted octanol–water partition coefficient (Wildman–Crippen LogP) is 6.68. The molecule has 0 atom stereocenters. The Balaban J connectivity index is 1.45. The summed E-state index contributed by atoms with van der Waals surface area (Å²) >= 11 is 12.2. The highest BCUT2D eigenvalue weighted by molar-refractivity contribution is 9.10. The van der Waals surface area contributed by atoms with Gasteiger partial charge in [-0.05, 0) is 59.6 Å². The first-order chi connectivity index (χ1) is 16.9. The molecule has 0 aliphatic carbocycles. The number of para-hydroxylation sites is 1. The molecule has 3 amide bonds. The number of thiophene rings is 1. The minimum atomic E-state index is -0.433. The van der Waals surface area contributed by atoms with Gasteiger partial charge in [-0.2, -0.15) is 0 Å². The Kier molecular flexibility index (Phi) is 6.84. The summed E-state index contributed by atoms with van der Waals surface area (Å²) in [5, 5.41) is 5.68. The van der Waals surface area contributed by atoms with Crippen molar-refractivity contribution in [3.8, 4) is 0 Å². The lowest BCUT2D eigenvalue weighted by molar-refractivity contribution is -0.121. The van der Waals surface area contributed by atoms with Crippen molar-refractivity contribution in [1.29, 1.82) is 0 Å². The second-order valence-corrected chi connectivity index (χ2v) is 11.0. The molecule has 176 valence electrons. The molecule has 0 bridgehead atoms. The van der Waals surface area contributed by atoms with Gasteiger partial charge >= 0.3 is 0 Å². The number of halogens is 2. The number of thioether (sulfide) groups is 1. The summed E-state index contributed by atoms with van der Waals surface area (Å²) in [5.41, 5.74) is 1.93. The first-order valence-corrected chi connectivity index (χ1v) is 13.4. The van der Waals surface area contributed by atoms with Crippen LogP contribution >= 0.6 is 50.6 Å². The van der Waals surface area contributed by atoms with Crippen LogP contribution in [0.5, 0.6) is 0 Å². The highest BCUT2D eigenvalue weighted by Crippen LogP contribution is 2.39. The molecule has 3 heterocycles. The zero-order valence-electron chi connectivity index (χ0n) is 18.0. The predicted molar refractivity (Wildman–Crippen MR) is 146 cm³/mol. The third-order valence-corrected chi connectivity index (χ3v) is 7.96. The van der Waals surface area contributed by atoms with Crippen molar-refractivity contribution in [2.75, 3.05) is 4.90 Å². The standard InChI is InChI=1S/C25H17BrClN3O3S2/c26-16-7-8-20-18(11-16)15(13-29(20)14-23(31)28-12-17-4-3-9-34-17)10-22-24(32)30(25(33)35-22)21-6-2-1-5-19(21)27/h1-11,13H,12,14H2,(H,28,31)/b22-10-. The minimum Gasteiger partial charge on any atom is -0.350 e. The molecule has 0 unspecified atom stereocenters. The Hall–Kier alpha value is -2.85. The van der Waals surface area contributed by atoms with Crippen LogP contribution in [0.25, 0.3) is 17.0 Å². The van der Waals surface area contributed by atoms with Crippen LogP contribution in [0, 0.1) is 0 Å². The maximum absolute atomic E-state index is 13.1. The molecule has 0 saturated carbocycles. The zero-order chi connectivity index (χ0) is 24.5. The molecule has 1 aliphatic heterocycles. The topological polar surface area (TPSA) is 71.4 Å². The third-order valence-electron chi connectivity index (χ3n) is 5.40. The van der Waals surface area contributed by atoms with Crippen molar-refractivity contribution in [3.05, 3.63) is 91.0 Å². The molecule has 1 N–H and O–H groups in total. The number of hydrogen-bond donors (Lipinski definition) is 1. The molecule has 2 aromatic carbocycles. The number of hydrogen-bond acceptors (Lipinski definition) is 5. The number of imide groups is 1. The van der Waals surface area contributed by atoms with Crippen molar-refractivity contribution in [2.24, 2.45) is 0 Å². The van der Waals surface area contributed by atoms with Crippen LogP contribution in [-0.2, 0) is 22.7 Å². The summed E-state index contributed by atoms with van der Waals surface area (Å²) in [5.74, 6) is -0.554. The number of carbonyl (C=O) groups is 3. The summed E-state index contributed by atoms with van der Waals surface area (Å²) < 4.78 is 2.71. The molecule has 1 aliphatic rings. The van der Waals surface area contributed by atoms with Crippen LogP contribution in [0.3, 0.4) is 0 Å². The van der Waals surface area contributed by atoms with Gasteiger partial charge in [0, 0.05) is 32.0 Å². The summed E-state index contributed by atoms with van der Waals surface area (Å²) in [6.07, 6.45) is 3.52. The van der Waals surface area contributed by atoms with E-state index < -0.39 is 11.1 Å². The molecule has 10 heteroatoms. The van der Waals surface area contributed by atoms with Crippen LogP contribution in [0.15, 0.2) is 75.6 Å². The number of nitrogens with zero attached hydrogens (tertiary/aromatic N) is 2. The Labute approximate surface area is 222 Å². The lowest BCUT2D eigenvalue weighted by Gasteiger charge is -2.13. The second-order valence-electron chi connectivity index (χ2n) is 7.70. The van der Waals surface area contributed by atoms with E-state index in [1.807, 2.05) is 46.5 Å². The molecular formula is C25H17BrClN3O3S2. The normalized spacial score (nSPS) is 14.9. The number of fused-ring (bicyclic) bond motifs is 1. The maximum atomic E-state index is 13.1. The largest absolute Gasteiger partial charge is 0.350 e. The molecular weight excluding hydrogens is 570 g/mol. The van der Waals surface area contributed by atoms with Crippen molar-refractivity contribution in [3.63, 3.8) is 0 Å². The van der Waals surface area contributed by atoms with Crippen molar-refractivity contribution < 1.29 is 14.4 Å². The fourth-order valence-electron chi connectivity index (χ4n) is 3.80. The average Bonchev–Trinajstić information content (AvgIpc) is 3.53. The smallest absolute Gasteiger partial charge is 0.298 e. The zero-order valence-corrected chi connectivity index (χ0v) is 22.0. The van der Waals surface area contributed by atoms with E-state index in [0.29, 0.717) is 17.3 Å². The van der Waals surface area contributed by atoms with E-state index in [9.17, 15) is 14.4 Å². The molecule has 2 aromatic heterocycles. The van der Waals surface area contributed by atoms with Gasteiger partial charge in [0.2, 0.25) is 5.91 Å². The minimum absolute atomic E-state index is 0.121. The number of nitrogens with one attached hydrogen (secondary N) is 1. The molecule has 4 aromatic rings. The fourth-order valence-corrected chi connectivity index (χ4v) is 5.85. The SMILES string of the molecule is O=C(Cn1cc(/C=C2\SC(=O)N(c3ccccc3Cl)C2=O)c2cc(Br)ccc21)NCc1cccs1. The molecule has 1 fully saturated rings. The number of benzene rings is 2. The Bertz CT molecular complexity index is 1500. The van der Waals surface area contributed by atoms with Gasteiger partial charge in [-0.3, -0.25) is 14.4 Å². The maximum Gasteiger partial charge on any atom is 0.298 e. The van der Waals surface area contributed by atoms with E-state index in [1.54, 1.807) is 41.7 Å². The van der Waals surface area contributed by atoms with Gasteiger partial charge in [0.25, 0.3) is 11.1 Å². The average molecular weight is 587 g/mol. The highest BCUT2D eigenvalue weighted by Gasteiger charge is 2.37. The second kappa shape index (κ2) is 10.0. The quantitative estimate of drug-likeness (QED) is 0.256. The van der Waals surface area contributed by atoms with Crippen LogP contribution in [0.1, 0.15) is 10.4 Å². The van der Waals surface area contributed by atoms with E-state index in [0.717, 1.165) is 42.5 Å². The van der Waals surface area contributed by atoms with Crippen LogP contribution in [0.2, 0.25) is 5.02 Å². The number of rotatable bonds is 6. The van der Waals surface area contributed by atoms with E-state index in [4.69, 9.17) is 11.6 Å². The van der Waals surface area contributed by atoms with Crippen LogP contribution < -0.4 is 10.2 Å². The number of anilines is 1. The van der Waals surface area contributed by atoms with E-state index >= 15 is 0 Å². The van der Waals surface area contributed by atoms with Gasteiger partial charge in [0.15, 0.2) is 0 Å². The number of carbonyl (C=O) groups excluding carboxylic acids is 3. The summed E-state index contributed by atoms with van der Waals surface area (Å²) in [6, 6.07) is 16.4. The van der Waals surface area contributed by atoms with Gasteiger partial charge in [0.1, 0.15) is 6.54 Å². The Morgan fingerprint density at radius 2 is 1.94 bits per heavy atom. The lowest BCUT2D eigenvalue weighted by atomic mass is 10.1. The molecule has 1 saturated heterocycles. The summed E-state index contributed by atoms with van der Waals surface area (Å²) in [4.78, 5) is 40.9. The third kappa shape index (κ3) is 4.95. The highest BCUT2D eigenvalue weighted by atomic mass is 79.9. The van der Waals surface area contributed by atoms with E-state index in [-0.39, 0.29) is 17.4 Å². The van der Waals surface area contributed by atoms with Gasteiger partial charge < -0.3 is 9.88 Å². The first kappa shape index (κ1) is 23.9. The molecule has 0 spiro atoms. The molecule has 6 nitrogen and oxygen atoms in total. The van der Waals surface area contributed by atoms with Gasteiger partial charge in [0.05, 0.1) is 22.2 Å². The van der Waals surface area contributed by atoms with Gasteiger partial charge in [-0.1, -0.05) is 45.7 Å². The van der Waals surface area contributed by atoms with E-state index in [2.05, 4.69) is 21.2 Å². The van der Waals surface area contributed by atoms with Crippen molar-refractivity contribution >= 4 is 90.3 Å². The molecule has 0 radical (unpaired) electrons. The van der Waals surface area contributed by atoms with Crippen LogP contribution in [0.4, 0.5) is 10.5 Å².